The van der Waals surface area contributed by atoms with Gasteiger partial charge >= 0.3 is 0 Å². The van der Waals surface area contributed by atoms with Gasteiger partial charge in [-0.2, -0.15) is 0 Å². The molecule has 2 aromatic carbocycles. The number of nitro groups is 1. The molecule has 2 heterocycles. The van der Waals surface area contributed by atoms with Crippen molar-refractivity contribution in [2.75, 3.05) is 44.8 Å². The van der Waals surface area contributed by atoms with E-state index in [4.69, 9.17) is 14.2 Å². The van der Waals surface area contributed by atoms with Gasteiger partial charge in [0.25, 0.3) is 11.6 Å². The fourth-order valence-corrected chi connectivity index (χ4v) is 3.77. The second kappa shape index (κ2) is 8.10. The molecule has 0 aromatic heterocycles. The fourth-order valence-electron chi connectivity index (χ4n) is 3.77. The van der Waals surface area contributed by atoms with E-state index in [0.29, 0.717) is 25.5 Å². The predicted molar refractivity (Wildman–Crippen MR) is 110 cm³/mol. The van der Waals surface area contributed by atoms with Crippen LogP contribution in [-0.4, -0.2) is 61.7 Å². The summed E-state index contributed by atoms with van der Waals surface area (Å²) in [5.74, 6) is 0.910. The summed E-state index contributed by atoms with van der Waals surface area (Å²) >= 11 is 0. The maximum atomic E-state index is 13.1. The topological polar surface area (TPSA) is 94.4 Å². The van der Waals surface area contributed by atoms with Gasteiger partial charge in [0.05, 0.1) is 29.8 Å². The minimum atomic E-state index is -0.578. The number of nitrogens with zero attached hydrogens (tertiary/aromatic N) is 3. The number of para-hydroxylation sites is 2. The van der Waals surface area contributed by atoms with E-state index < -0.39 is 10.8 Å². The van der Waals surface area contributed by atoms with Crippen LogP contribution < -0.4 is 19.1 Å². The zero-order valence-corrected chi connectivity index (χ0v) is 16.9. The molecule has 2 aromatic rings. The minimum Gasteiger partial charge on any atom is -0.486 e. The Morgan fingerprint density at radius 3 is 2.60 bits per heavy atom. The van der Waals surface area contributed by atoms with Crippen molar-refractivity contribution < 1.29 is 23.9 Å². The van der Waals surface area contributed by atoms with E-state index in [1.54, 1.807) is 7.05 Å². The van der Waals surface area contributed by atoms with Gasteiger partial charge in [0.2, 0.25) is 0 Å². The zero-order chi connectivity index (χ0) is 21.3. The van der Waals surface area contributed by atoms with Gasteiger partial charge in [-0.15, -0.1) is 0 Å². The average Bonchev–Trinajstić information content (AvgIpc) is 2.76. The molecule has 158 valence electrons. The maximum Gasteiger partial charge on any atom is 0.286 e. The first-order chi connectivity index (χ1) is 14.5. The highest BCUT2D eigenvalue weighted by Gasteiger charge is 2.31. The molecule has 30 heavy (non-hydrogen) atoms. The summed E-state index contributed by atoms with van der Waals surface area (Å²) < 4.78 is 17.0. The second-order valence-electron chi connectivity index (χ2n) is 7.20. The number of rotatable bonds is 5. The normalized spacial score (nSPS) is 17.0. The number of nitro benzene ring substituents is 1. The van der Waals surface area contributed by atoms with E-state index in [2.05, 4.69) is 11.8 Å². The lowest BCUT2D eigenvalue weighted by Gasteiger charge is -2.37. The van der Waals surface area contributed by atoms with Crippen molar-refractivity contribution in [1.82, 2.24) is 4.90 Å². The highest BCUT2D eigenvalue weighted by molar-refractivity contribution is 5.99. The summed E-state index contributed by atoms with van der Waals surface area (Å²) in [4.78, 5) is 27.7. The van der Waals surface area contributed by atoms with Crippen molar-refractivity contribution in [2.45, 2.75) is 13.0 Å². The molecule has 0 N–H and O–H groups in total. The minimum absolute atomic E-state index is 0.0321. The standard InChI is InChI=1S/C21H23N3O6/c1-3-23-13-14(30-18-7-5-4-6-16(18)23)12-22(2)21(25)15-10-19-20(29-9-8-28-19)11-17(15)24(26)27/h4-7,10-11,14H,3,8-9,12-13H2,1-2H3/t14-/m1/s1. The first kappa shape index (κ1) is 19.8. The van der Waals surface area contributed by atoms with Crippen LogP contribution >= 0.6 is 0 Å². The largest absolute Gasteiger partial charge is 0.486 e. The number of likely N-dealkylation sites (N-methyl/N-ethyl adjacent to an activating group) is 2. The molecular formula is C21H23N3O6. The Bertz CT molecular complexity index is 979. The molecule has 0 aliphatic carbocycles. The van der Waals surface area contributed by atoms with E-state index in [1.165, 1.54) is 17.0 Å². The number of amides is 1. The van der Waals surface area contributed by atoms with E-state index in [9.17, 15) is 14.9 Å². The van der Waals surface area contributed by atoms with E-state index >= 15 is 0 Å². The lowest BCUT2D eigenvalue weighted by atomic mass is 10.1. The third-order valence-electron chi connectivity index (χ3n) is 5.22. The van der Waals surface area contributed by atoms with Crippen LogP contribution in [0.5, 0.6) is 17.2 Å². The molecule has 0 bridgehead atoms. The molecule has 2 aliphatic rings. The first-order valence-corrected chi connectivity index (χ1v) is 9.82. The Balaban J connectivity index is 1.55. The van der Waals surface area contributed by atoms with Gasteiger partial charge in [-0.25, -0.2) is 0 Å². The maximum absolute atomic E-state index is 13.1. The van der Waals surface area contributed by atoms with Crippen molar-refractivity contribution in [2.24, 2.45) is 0 Å². The molecule has 4 rings (SSSR count). The van der Waals surface area contributed by atoms with Crippen molar-refractivity contribution in [3.05, 3.63) is 52.1 Å². The highest BCUT2D eigenvalue weighted by Crippen LogP contribution is 2.37. The highest BCUT2D eigenvalue weighted by atomic mass is 16.6. The number of fused-ring (bicyclic) bond motifs is 2. The summed E-state index contributed by atoms with van der Waals surface area (Å²) in [6, 6.07) is 10.4. The number of ether oxygens (including phenoxy) is 3. The Morgan fingerprint density at radius 2 is 1.90 bits per heavy atom. The Hall–Kier alpha value is -3.49. The monoisotopic (exact) mass is 413 g/mol. The van der Waals surface area contributed by atoms with Crippen LogP contribution in [0, 0.1) is 10.1 Å². The van der Waals surface area contributed by atoms with E-state index in [0.717, 1.165) is 18.0 Å². The molecule has 2 aliphatic heterocycles. The van der Waals surface area contributed by atoms with Crippen LogP contribution in [0.3, 0.4) is 0 Å². The van der Waals surface area contributed by atoms with Crippen LogP contribution in [-0.2, 0) is 0 Å². The number of carbonyl (C=O) groups is 1. The van der Waals surface area contributed by atoms with Gasteiger partial charge in [0.1, 0.15) is 30.6 Å². The molecule has 9 nitrogen and oxygen atoms in total. The third-order valence-corrected chi connectivity index (χ3v) is 5.22. The molecule has 0 saturated heterocycles. The molecule has 0 unspecified atom stereocenters. The molecule has 0 radical (unpaired) electrons. The van der Waals surface area contributed by atoms with Gasteiger partial charge < -0.3 is 24.0 Å². The molecule has 1 amide bonds. The second-order valence-corrected chi connectivity index (χ2v) is 7.20. The SMILES string of the molecule is CCN1C[C@@H](CN(C)C(=O)c2cc3c(cc2[N+](=O)[O-])OCCO3)Oc2ccccc21. The summed E-state index contributed by atoms with van der Waals surface area (Å²) in [5.41, 5.74) is 0.684. The Labute approximate surface area is 173 Å². The Morgan fingerprint density at radius 1 is 1.20 bits per heavy atom. The number of hydrogen-bond donors (Lipinski definition) is 0. The quantitative estimate of drug-likeness (QED) is 0.549. The molecule has 0 saturated carbocycles. The fraction of sp³-hybridized carbons (Fsp3) is 0.381. The third kappa shape index (κ3) is 3.70. The van der Waals surface area contributed by atoms with Gasteiger partial charge in [0.15, 0.2) is 11.5 Å². The Kier molecular flexibility index (Phi) is 5.35. The molecule has 0 spiro atoms. The first-order valence-electron chi connectivity index (χ1n) is 9.82. The predicted octanol–water partition coefficient (Wildman–Crippen LogP) is 2.73. The van der Waals surface area contributed by atoms with Crippen LogP contribution in [0.25, 0.3) is 0 Å². The van der Waals surface area contributed by atoms with Crippen molar-refractivity contribution >= 4 is 17.3 Å². The lowest BCUT2D eigenvalue weighted by molar-refractivity contribution is -0.385. The average molecular weight is 413 g/mol. The number of carbonyl (C=O) groups excluding carboxylic acids is 1. The van der Waals surface area contributed by atoms with E-state index in [1.807, 2.05) is 24.3 Å². The van der Waals surface area contributed by atoms with Crippen molar-refractivity contribution in [3.63, 3.8) is 0 Å². The molecule has 1 atom stereocenters. The lowest BCUT2D eigenvalue weighted by Crippen LogP contribution is -2.46. The molecule has 0 fully saturated rings. The van der Waals surface area contributed by atoms with Crippen LogP contribution in [0.2, 0.25) is 0 Å². The van der Waals surface area contributed by atoms with Crippen LogP contribution in [0.4, 0.5) is 11.4 Å². The van der Waals surface area contributed by atoms with Gasteiger partial charge in [-0.05, 0) is 19.1 Å². The van der Waals surface area contributed by atoms with Gasteiger partial charge in [0, 0.05) is 19.7 Å². The van der Waals surface area contributed by atoms with Crippen LogP contribution in [0.1, 0.15) is 17.3 Å². The van der Waals surface area contributed by atoms with Crippen molar-refractivity contribution in [1.29, 1.82) is 0 Å². The van der Waals surface area contributed by atoms with Crippen LogP contribution in [0.15, 0.2) is 36.4 Å². The molecular weight excluding hydrogens is 390 g/mol. The van der Waals surface area contributed by atoms with E-state index in [-0.39, 0.29) is 29.6 Å². The number of benzene rings is 2. The zero-order valence-electron chi connectivity index (χ0n) is 16.9. The van der Waals surface area contributed by atoms with Gasteiger partial charge in [-0.1, -0.05) is 12.1 Å². The molecule has 9 heteroatoms. The summed E-state index contributed by atoms with van der Waals surface area (Å²) in [6.45, 7) is 4.42. The van der Waals surface area contributed by atoms with Gasteiger partial charge in [-0.3, -0.25) is 14.9 Å². The summed E-state index contributed by atoms with van der Waals surface area (Å²) in [6.07, 6.45) is -0.259. The number of hydrogen-bond acceptors (Lipinski definition) is 7. The van der Waals surface area contributed by atoms with Crippen molar-refractivity contribution in [3.8, 4) is 17.2 Å². The number of anilines is 1. The summed E-state index contributed by atoms with van der Waals surface area (Å²) in [7, 11) is 1.61. The summed E-state index contributed by atoms with van der Waals surface area (Å²) in [5, 5.41) is 11.6. The smallest absolute Gasteiger partial charge is 0.286 e.